The van der Waals surface area contributed by atoms with Crippen LogP contribution in [0.1, 0.15) is 345 Å². The molecule has 0 amide bonds. The average Bonchev–Trinajstić information content (AvgIpc) is 0.887. The third-order valence-corrected chi connectivity index (χ3v) is 15.2. The molecule has 0 rings (SSSR count). The minimum Gasteiger partial charge on any atom is -0.481 e. The maximum atomic E-state index is 11.8. The molecule has 0 aromatic heterocycles. The molecule has 21 heteroatoms. The quantitative estimate of drug-likeness (QED) is 0.0176. The Morgan fingerprint density at radius 1 is 0.356 bits per heavy atom. The molecule has 0 radical (unpaired) electrons. The summed E-state index contributed by atoms with van der Waals surface area (Å²) in [6.45, 7) is 67.2. The smallest absolute Gasteiger partial charge is 0.323 e. The second kappa shape index (κ2) is 58.5. The molecule has 0 bridgehead atoms. The van der Waals surface area contributed by atoms with Crippen LogP contribution in [0, 0.1) is 72.9 Å². The average molecular weight is 1500 g/mol. The summed E-state index contributed by atoms with van der Waals surface area (Å²) < 4.78 is 25.5. The molecule has 104 heavy (non-hydrogen) atoms. The van der Waals surface area contributed by atoms with E-state index in [1.54, 1.807) is 27.7 Å². The molecule has 0 aliphatic heterocycles. The van der Waals surface area contributed by atoms with Crippen LogP contribution in [0.2, 0.25) is 0 Å². The Morgan fingerprint density at radius 3 is 0.856 bits per heavy atom. The van der Waals surface area contributed by atoms with E-state index in [4.69, 9.17) is 61.3 Å². The van der Waals surface area contributed by atoms with Crippen LogP contribution >= 0.6 is 0 Å². The van der Waals surface area contributed by atoms with Gasteiger partial charge in [0.05, 0.1) is 62.8 Å². The van der Waals surface area contributed by atoms with Gasteiger partial charge in [-0.15, -0.1) is 0 Å². The number of hydrogen-bond donors (Lipinski definition) is 7. The maximum Gasteiger partial charge on any atom is 0.323 e. The molecule has 0 heterocycles. The topological polar surface area (TPSA) is 359 Å². The highest BCUT2D eigenvalue weighted by molar-refractivity contribution is 5.87. The van der Waals surface area contributed by atoms with Crippen molar-refractivity contribution < 1.29 is 87.3 Å². The normalized spacial score (nSPS) is 14.1. The Kier molecular flexibility index (Phi) is 64.8. The molecule has 622 valence electrons. The molecule has 10 N–H and O–H groups in total. The van der Waals surface area contributed by atoms with Crippen molar-refractivity contribution in [2.75, 3.05) is 39.6 Å². The van der Waals surface area contributed by atoms with E-state index in [1.165, 1.54) is 6.92 Å². The lowest BCUT2D eigenvalue weighted by atomic mass is 9.87. The van der Waals surface area contributed by atoms with Gasteiger partial charge in [0.1, 0.15) is 29.7 Å². The molecule has 8 atom stereocenters. The predicted octanol–water partition coefficient (Wildman–Crippen LogP) is 17.5. The number of esters is 5. The van der Waals surface area contributed by atoms with Crippen molar-refractivity contribution in [1.82, 2.24) is 0 Å². The van der Waals surface area contributed by atoms with Crippen LogP contribution in [0.3, 0.4) is 0 Å². The Balaban J connectivity index is -0.000000176. The van der Waals surface area contributed by atoms with Crippen molar-refractivity contribution in [3.05, 3.63) is 0 Å². The molecule has 0 aliphatic carbocycles. The minimum absolute atomic E-state index is 0. The second-order valence-electron chi connectivity index (χ2n) is 38.1. The fourth-order valence-electron chi connectivity index (χ4n) is 8.56. The molecule has 8 unspecified atom stereocenters. The number of Topliss-reactive ketones (excluding diaryl/α,β-unsaturated/α-hetero) is 2. The van der Waals surface area contributed by atoms with Gasteiger partial charge in [-0.05, 0) is 153 Å². The van der Waals surface area contributed by atoms with Gasteiger partial charge in [0.25, 0.3) is 0 Å². The number of rotatable bonds is 35. The largest absolute Gasteiger partial charge is 0.481 e. The monoisotopic (exact) mass is 1490 g/mol. The number of carboxylic acids is 2. The number of ketones is 2. The third kappa shape index (κ3) is 89.8. The summed E-state index contributed by atoms with van der Waals surface area (Å²) in [5.74, 6) is -5.94. The van der Waals surface area contributed by atoms with Crippen molar-refractivity contribution in [3.8, 4) is 0 Å². The first-order valence-electron chi connectivity index (χ1n) is 38.0. The summed E-state index contributed by atoms with van der Waals surface area (Å²) in [6.07, 6.45) is 12.8. The van der Waals surface area contributed by atoms with Crippen LogP contribution in [-0.4, -0.2) is 138 Å². The van der Waals surface area contributed by atoms with Crippen LogP contribution in [0.25, 0.3) is 0 Å². The molecule has 0 fully saturated rings. The first-order valence-corrected chi connectivity index (χ1v) is 38.0. The number of aliphatic hydroxyl groups is 2. The first-order chi connectivity index (χ1) is 46.1. The fourth-order valence-corrected chi connectivity index (χ4v) is 8.56. The van der Waals surface area contributed by atoms with Crippen LogP contribution < -0.4 is 17.2 Å². The summed E-state index contributed by atoms with van der Waals surface area (Å²) in [4.78, 5) is 102. The molecule has 0 spiro atoms. The Labute approximate surface area is 636 Å². The zero-order chi connectivity index (χ0) is 82.9. The number of carboxylic acid groups (broad SMARTS) is 2. The zero-order valence-corrected chi connectivity index (χ0v) is 71.9. The van der Waals surface area contributed by atoms with E-state index in [0.29, 0.717) is 67.7 Å². The number of carbonyl (C=O) groups is 9. The molecule has 21 nitrogen and oxygen atoms in total. The van der Waals surface area contributed by atoms with Crippen LogP contribution in [0.4, 0.5) is 0 Å². The van der Waals surface area contributed by atoms with E-state index in [2.05, 4.69) is 145 Å². The number of aliphatic carboxylic acids is 2. The number of aliphatic hydroxyl groups excluding tert-OH is 2. The van der Waals surface area contributed by atoms with Gasteiger partial charge in [-0.1, -0.05) is 215 Å². The fraction of sp³-hybridized carbons (Fsp3) is 0.892. The molecule has 0 saturated heterocycles. The minimum atomic E-state index is -0.999. The molecule has 0 aliphatic rings. The highest BCUT2D eigenvalue weighted by atomic mass is 16.5. The highest BCUT2D eigenvalue weighted by Gasteiger charge is 2.29. The molecular weight excluding hydrogens is 1330 g/mol. The van der Waals surface area contributed by atoms with Crippen molar-refractivity contribution >= 4 is 53.4 Å². The maximum absolute atomic E-state index is 11.8. The van der Waals surface area contributed by atoms with Crippen LogP contribution in [-0.2, 0) is 66.8 Å². The number of hydrogen-bond acceptors (Lipinski definition) is 19. The van der Waals surface area contributed by atoms with Gasteiger partial charge >= 0.3 is 41.8 Å². The third-order valence-electron chi connectivity index (χ3n) is 15.2. The van der Waals surface area contributed by atoms with E-state index in [0.717, 1.165) is 83.5 Å². The van der Waals surface area contributed by atoms with Gasteiger partial charge in [0, 0.05) is 32.3 Å². The van der Waals surface area contributed by atoms with Gasteiger partial charge in [-0.3, -0.25) is 43.2 Å². The van der Waals surface area contributed by atoms with E-state index < -0.39 is 53.7 Å². The molecular formula is C83H167N3O18. The van der Waals surface area contributed by atoms with Crippen molar-refractivity contribution in [1.29, 1.82) is 0 Å². The van der Waals surface area contributed by atoms with Crippen LogP contribution in [0.15, 0.2) is 0 Å². The number of nitrogens with two attached hydrogens (primary N) is 3. The van der Waals surface area contributed by atoms with Gasteiger partial charge < -0.3 is 61.3 Å². The number of ether oxygens (including phenoxy) is 5. The standard InChI is InChI=1S/C17H30O5.C16H28O5.C13H27NO2.C12H25NO2.C10H21NO2.2C7H16O.CH4/c1-12(15(19)20)7-8-14(18)11-13(2)16(21)22-10-6-9-17(3,4)5;1-11(14(18)19)9-13(17)10-12(2)15(20)21-8-6-7-16(3,4)5;1-12(2,3)8-7-9-16-11(15)10(14)13(4,5)6;1-9(2)10(13)11(14)15-8-6-7-12(3,4)5;1-8(11)9(12)13-7-5-6-10(2,3)4;1-6(8)5-7(2,3)4;1-7(2,3)5-4-6-8;/h12-13H,6-11H2,1-5H3,(H,19,20);11-12H,6-10H2,1-5H3,(H,18,19);10H,7-9,14H2,1-6H3;9-10H,6-8,13H2,1-5H3;8H,5-7,11H2,1-4H3;6,8H,5H2,1-4H3;8H,4-6H2,1-3H3;1H4. The van der Waals surface area contributed by atoms with Crippen molar-refractivity contribution in [3.63, 3.8) is 0 Å². The SMILES string of the molecule is C.CC(C)(C)CCCO.CC(C)(C)CCCOC(=O)C(N)C(C)(C)C.CC(C)C(N)C(=O)OCCCC(C)(C)C.CC(CC(=O)CC(C)C(=O)OCCCC(C)(C)C)C(=O)O.CC(CCC(=O)CC(C)C(=O)OCCCC(C)(C)C)C(=O)O.CC(N)C(=O)OCCCC(C)(C)C.CC(O)CC(C)(C)C. The van der Waals surface area contributed by atoms with Crippen molar-refractivity contribution in [2.24, 2.45) is 90.1 Å². The first kappa shape index (κ1) is 115. The molecule has 0 aromatic rings. The van der Waals surface area contributed by atoms with Crippen molar-refractivity contribution in [2.45, 2.75) is 369 Å². The van der Waals surface area contributed by atoms with E-state index in [1.807, 2.05) is 41.5 Å². The van der Waals surface area contributed by atoms with E-state index in [-0.39, 0.29) is 108 Å². The molecule has 0 aromatic carbocycles. The predicted molar refractivity (Wildman–Crippen MR) is 425 cm³/mol. The Morgan fingerprint density at radius 2 is 0.625 bits per heavy atom. The summed E-state index contributed by atoms with van der Waals surface area (Å²) in [5, 5.41) is 34.8. The van der Waals surface area contributed by atoms with Gasteiger partial charge in [0.15, 0.2) is 0 Å². The van der Waals surface area contributed by atoms with E-state index in [9.17, 15) is 43.2 Å². The Bertz CT molecular complexity index is 2280. The highest BCUT2D eigenvalue weighted by Crippen LogP contribution is 2.26. The summed E-state index contributed by atoms with van der Waals surface area (Å²) in [5.41, 5.74) is 18.5. The van der Waals surface area contributed by atoms with E-state index >= 15 is 0 Å². The summed E-state index contributed by atoms with van der Waals surface area (Å²) >= 11 is 0. The second-order valence-corrected chi connectivity index (χ2v) is 38.1. The zero-order valence-electron chi connectivity index (χ0n) is 71.9. The molecule has 0 saturated carbocycles. The van der Waals surface area contributed by atoms with Crippen LogP contribution in [0.5, 0.6) is 0 Å². The Hall–Kier alpha value is -4.57. The summed E-state index contributed by atoms with van der Waals surface area (Å²) in [6, 6.07) is -1.53. The summed E-state index contributed by atoms with van der Waals surface area (Å²) in [7, 11) is 0. The lowest BCUT2D eigenvalue weighted by Gasteiger charge is -2.25. The number of carbonyl (C=O) groups excluding carboxylic acids is 7. The lowest BCUT2D eigenvalue weighted by molar-refractivity contribution is -0.150. The van der Waals surface area contributed by atoms with Gasteiger partial charge in [-0.2, -0.15) is 0 Å². The van der Waals surface area contributed by atoms with Gasteiger partial charge in [-0.25, -0.2) is 0 Å². The van der Waals surface area contributed by atoms with Gasteiger partial charge in [0.2, 0.25) is 0 Å². The lowest BCUT2D eigenvalue weighted by Crippen LogP contribution is -2.43.